The van der Waals surface area contributed by atoms with E-state index < -0.39 is 26.6 Å². The molecule has 7 nitrogen and oxygen atoms in total. The summed E-state index contributed by atoms with van der Waals surface area (Å²) in [6.07, 6.45) is 2.21. The monoisotopic (exact) mass is 433 g/mol. The number of benzene rings is 2. The largest absolute Gasteiger partial charge is 0.352 e. The Labute approximate surface area is 175 Å². The van der Waals surface area contributed by atoms with Crippen LogP contribution in [-0.2, 0) is 10.0 Å². The highest BCUT2D eigenvalue weighted by atomic mass is 32.2. The second-order valence-corrected chi connectivity index (χ2v) is 8.92. The maximum absolute atomic E-state index is 14.3. The zero-order valence-electron chi connectivity index (χ0n) is 16.7. The summed E-state index contributed by atoms with van der Waals surface area (Å²) in [7, 11) is -4.02. The Balaban J connectivity index is 1.86. The Morgan fingerprint density at radius 1 is 1.07 bits per heavy atom. The molecule has 1 heterocycles. The van der Waals surface area contributed by atoms with Crippen molar-refractivity contribution in [2.75, 3.05) is 25.0 Å². The van der Waals surface area contributed by atoms with Gasteiger partial charge in [0.1, 0.15) is 10.7 Å². The van der Waals surface area contributed by atoms with Crippen molar-refractivity contribution in [2.24, 2.45) is 0 Å². The van der Waals surface area contributed by atoms with Crippen molar-refractivity contribution in [2.45, 2.75) is 31.1 Å². The predicted molar refractivity (Wildman–Crippen MR) is 111 cm³/mol. The molecule has 3 rings (SSSR count). The van der Waals surface area contributed by atoms with Crippen LogP contribution in [0.25, 0.3) is 0 Å². The van der Waals surface area contributed by atoms with E-state index in [-0.39, 0.29) is 22.7 Å². The SMILES string of the molecule is CCCNC(=O)c1ccccc1NC(=O)c1ccc(F)c(S(=O)(=O)N2CCCC2)c1. The zero-order valence-corrected chi connectivity index (χ0v) is 17.5. The second-order valence-electron chi connectivity index (χ2n) is 7.01. The van der Waals surface area contributed by atoms with Crippen LogP contribution in [-0.4, -0.2) is 44.2 Å². The Morgan fingerprint density at radius 2 is 1.77 bits per heavy atom. The van der Waals surface area contributed by atoms with Crippen LogP contribution < -0.4 is 10.6 Å². The number of sulfonamides is 1. The maximum Gasteiger partial charge on any atom is 0.255 e. The molecule has 9 heteroatoms. The molecule has 1 saturated heterocycles. The van der Waals surface area contributed by atoms with Crippen molar-refractivity contribution in [3.05, 3.63) is 59.4 Å². The van der Waals surface area contributed by atoms with Crippen LogP contribution in [0.4, 0.5) is 10.1 Å². The number of halogens is 1. The van der Waals surface area contributed by atoms with Gasteiger partial charge in [-0.3, -0.25) is 9.59 Å². The van der Waals surface area contributed by atoms with Gasteiger partial charge in [-0.1, -0.05) is 19.1 Å². The molecular formula is C21H24FN3O4S. The Bertz CT molecular complexity index is 1050. The predicted octanol–water partition coefficient (Wildman–Crippen LogP) is 3.00. The number of nitrogens with one attached hydrogen (secondary N) is 2. The molecule has 0 radical (unpaired) electrons. The highest BCUT2D eigenvalue weighted by Gasteiger charge is 2.30. The van der Waals surface area contributed by atoms with E-state index in [4.69, 9.17) is 0 Å². The minimum absolute atomic E-state index is 0.0158. The highest BCUT2D eigenvalue weighted by Crippen LogP contribution is 2.25. The van der Waals surface area contributed by atoms with Gasteiger partial charge in [-0.25, -0.2) is 12.8 Å². The van der Waals surface area contributed by atoms with Crippen molar-refractivity contribution in [1.82, 2.24) is 9.62 Å². The average Bonchev–Trinajstić information content (AvgIpc) is 3.28. The Kier molecular flexibility index (Phi) is 6.84. The molecule has 0 aromatic heterocycles. The van der Waals surface area contributed by atoms with Gasteiger partial charge in [-0.15, -0.1) is 0 Å². The molecule has 0 spiro atoms. The van der Waals surface area contributed by atoms with E-state index in [1.807, 2.05) is 6.92 Å². The number of amides is 2. The number of carbonyl (C=O) groups excluding carboxylic acids is 2. The molecule has 30 heavy (non-hydrogen) atoms. The van der Waals surface area contributed by atoms with Crippen LogP contribution in [0.2, 0.25) is 0 Å². The van der Waals surface area contributed by atoms with Gasteiger partial charge >= 0.3 is 0 Å². The third-order valence-electron chi connectivity index (χ3n) is 4.83. The molecule has 2 aromatic rings. The molecule has 2 amide bonds. The summed E-state index contributed by atoms with van der Waals surface area (Å²) in [5.74, 6) is -1.87. The van der Waals surface area contributed by atoms with Crippen molar-refractivity contribution >= 4 is 27.5 Å². The molecule has 0 aliphatic carbocycles. The number of anilines is 1. The second kappa shape index (κ2) is 9.36. The lowest BCUT2D eigenvalue weighted by atomic mass is 10.1. The van der Waals surface area contributed by atoms with Crippen molar-refractivity contribution in [3.63, 3.8) is 0 Å². The molecule has 1 fully saturated rings. The summed E-state index contributed by atoms with van der Waals surface area (Å²) >= 11 is 0. The van der Waals surface area contributed by atoms with Crippen LogP contribution in [0.3, 0.4) is 0 Å². The Hall–Kier alpha value is -2.78. The first-order valence-electron chi connectivity index (χ1n) is 9.83. The fraction of sp³-hybridized carbons (Fsp3) is 0.333. The number of carbonyl (C=O) groups is 2. The van der Waals surface area contributed by atoms with E-state index in [1.165, 1.54) is 10.4 Å². The normalized spacial score (nSPS) is 14.5. The van der Waals surface area contributed by atoms with Gasteiger partial charge in [0.25, 0.3) is 11.8 Å². The van der Waals surface area contributed by atoms with Crippen molar-refractivity contribution < 1.29 is 22.4 Å². The van der Waals surface area contributed by atoms with Crippen molar-refractivity contribution in [1.29, 1.82) is 0 Å². The minimum atomic E-state index is -4.02. The summed E-state index contributed by atoms with van der Waals surface area (Å²) in [5, 5.41) is 5.37. The molecule has 0 atom stereocenters. The molecule has 160 valence electrons. The van der Waals surface area contributed by atoms with Gasteiger partial charge < -0.3 is 10.6 Å². The van der Waals surface area contributed by atoms with E-state index in [0.29, 0.717) is 19.6 Å². The third kappa shape index (κ3) is 4.68. The quantitative estimate of drug-likeness (QED) is 0.702. The van der Waals surface area contributed by atoms with Gasteiger partial charge in [0.2, 0.25) is 10.0 Å². The average molecular weight is 434 g/mol. The molecule has 0 bridgehead atoms. The summed E-state index contributed by atoms with van der Waals surface area (Å²) in [6.45, 7) is 3.09. The van der Waals surface area contributed by atoms with Gasteiger partial charge in [-0.2, -0.15) is 4.31 Å². The van der Waals surface area contributed by atoms with Crippen LogP contribution >= 0.6 is 0 Å². The molecule has 1 aliphatic heterocycles. The van der Waals surface area contributed by atoms with Crippen LogP contribution in [0.5, 0.6) is 0 Å². The number of hydrogen-bond donors (Lipinski definition) is 2. The molecule has 0 saturated carbocycles. The smallest absolute Gasteiger partial charge is 0.255 e. The van der Waals surface area contributed by atoms with E-state index >= 15 is 0 Å². The first-order valence-corrected chi connectivity index (χ1v) is 11.3. The molecule has 2 aromatic carbocycles. The van der Waals surface area contributed by atoms with Gasteiger partial charge in [0.15, 0.2) is 0 Å². The van der Waals surface area contributed by atoms with Gasteiger partial charge in [-0.05, 0) is 49.6 Å². The zero-order chi connectivity index (χ0) is 21.7. The lowest BCUT2D eigenvalue weighted by molar-refractivity contribution is 0.0954. The topological polar surface area (TPSA) is 95.6 Å². The van der Waals surface area contributed by atoms with E-state index in [2.05, 4.69) is 10.6 Å². The minimum Gasteiger partial charge on any atom is -0.352 e. The molecule has 1 aliphatic rings. The molecular weight excluding hydrogens is 409 g/mol. The van der Waals surface area contributed by atoms with Gasteiger partial charge in [0, 0.05) is 25.2 Å². The Morgan fingerprint density at radius 3 is 2.47 bits per heavy atom. The fourth-order valence-corrected chi connectivity index (χ4v) is 4.84. The summed E-state index contributed by atoms with van der Waals surface area (Å²) in [5.41, 5.74) is 0.550. The van der Waals surface area contributed by atoms with Crippen LogP contribution in [0.15, 0.2) is 47.4 Å². The molecule has 0 unspecified atom stereocenters. The third-order valence-corrected chi connectivity index (χ3v) is 6.75. The van der Waals surface area contributed by atoms with Crippen LogP contribution in [0, 0.1) is 5.82 Å². The highest BCUT2D eigenvalue weighted by molar-refractivity contribution is 7.89. The standard InChI is InChI=1S/C21H24FN3O4S/c1-2-11-23-21(27)16-7-3-4-8-18(16)24-20(26)15-9-10-17(22)19(14-15)30(28,29)25-12-5-6-13-25/h3-4,7-10,14H,2,5-6,11-13H2,1H3,(H,23,27)(H,24,26). The summed E-state index contributed by atoms with van der Waals surface area (Å²) < 4.78 is 41.0. The number of rotatable bonds is 7. The molecule has 2 N–H and O–H groups in total. The number of para-hydroxylation sites is 1. The van der Waals surface area contributed by atoms with Crippen LogP contribution in [0.1, 0.15) is 46.9 Å². The van der Waals surface area contributed by atoms with E-state index in [0.717, 1.165) is 31.4 Å². The van der Waals surface area contributed by atoms with Crippen molar-refractivity contribution in [3.8, 4) is 0 Å². The number of hydrogen-bond acceptors (Lipinski definition) is 4. The van der Waals surface area contributed by atoms with E-state index in [9.17, 15) is 22.4 Å². The van der Waals surface area contributed by atoms with Gasteiger partial charge in [0.05, 0.1) is 11.3 Å². The summed E-state index contributed by atoms with van der Waals surface area (Å²) in [6, 6.07) is 9.72. The lowest BCUT2D eigenvalue weighted by Crippen LogP contribution is -2.29. The first-order chi connectivity index (χ1) is 14.3. The fourth-order valence-electron chi connectivity index (χ4n) is 3.23. The lowest BCUT2D eigenvalue weighted by Gasteiger charge is -2.17. The number of nitrogens with zero attached hydrogens (tertiary/aromatic N) is 1. The summed E-state index contributed by atoms with van der Waals surface area (Å²) in [4.78, 5) is 24.5. The first kappa shape index (κ1) is 21.9. The maximum atomic E-state index is 14.3. The van der Waals surface area contributed by atoms with E-state index in [1.54, 1.807) is 24.3 Å².